The molecule has 0 saturated carbocycles. The van der Waals surface area contributed by atoms with Gasteiger partial charge in [-0.05, 0) is 37.6 Å². The Kier molecular flexibility index (Phi) is 5.49. The van der Waals surface area contributed by atoms with Crippen LogP contribution in [0.15, 0.2) is 40.9 Å². The van der Waals surface area contributed by atoms with Crippen LogP contribution < -0.4 is 21.5 Å². The molecular weight excluding hydrogens is 410 g/mol. The van der Waals surface area contributed by atoms with Crippen molar-refractivity contribution in [1.82, 2.24) is 10.3 Å². The maximum absolute atomic E-state index is 12.6. The van der Waals surface area contributed by atoms with Crippen LogP contribution in [0.5, 0.6) is 5.75 Å². The zero-order valence-corrected chi connectivity index (χ0v) is 17.2. The molecule has 5 N–H and O–H groups in total. The van der Waals surface area contributed by atoms with Gasteiger partial charge in [-0.3, -0.25) is 14.6 Å². The second-order valence-electron chi connectivity index (χ2n) is 7.41. The van der Waals surface area contributed by atoms with Crippen LogP contribution in [0, 0.1) is 0 Å². The first kappa shape index (κ1) is 21.2. The van der Waals surface area contributed by atoms with Gasteiger partial charge in [0.2, 0.25) is 0 Å². The Labute approximate surface area is 173 Å². The number of hydrogen-bond acceptors (Lipinski definition) is 7. The monoisotopic (exact) mass is 431 g/mol. The van der Waals surface area contributed by atoms with Crippen LogP contribution in [0.4, 0.5) is 0 Å². The van der Waals surface area contributed by atoms with E-state index >= 15 is 0 Å². The van der Waals surface area contributed by atoms with Crippen molar-refractivity contribution in [3.8, 4) is 5.75 Å². The highest BCUT2D eigenvalue weighted by Crippen LogP contribution is 2.28. The number of primary amides is 1. The van der Waals surface area contributed by atoms with E-state index in [1.807, 2.05) is 0 Å². The smallest absolute Gasteiger partial charge is 0.267 e. The van der Waals surface area contributed by atoms with Crippen molar-refractivity contribution in [2.24, 2.45) is 15.9 Å². The Morgan fingerprint density at radius 3 is 2.70 bits per heavy atom. The van der Waals surface area contributed by atoms with E-state index in [0.717, 1.165) is 0 Å². The summed E-state index contributed by atoms with van der Waals surface area (Å²) in [6, 6.07) is 7.73. The zero-order valence-electron chi connectivity index (χ0n) is 16.4. The lowest BCUT2D eigenvalue weighted by Crippen LogP contribution is -2.48. The van der Waals surface area contributed by atoms with Crippen molar-refractivity contribution in [2.45, 2.75) is 25.1 Å². The van der Waals surface area contributed by atoms with Gasteiger partial charge in [0.05, 0.1) is 16.9 Å². The fourth-order valence-electron chi connectivity index (χ4n) is 2.91. The van der Waals surface area contributed by atoms with Gasteiger partial charge in [-0.2, -0.15) is 0 Å². The van der Waals surface area contributed by atoms with E-state index < -0.39 is 27.4 Å². The first-order valence-electron chi connectivity index (χ1n) is 8.89. The molecule has 0 saturated heterocycles. The number of nitrogens with two attached hydrogens (primary N) is 2. The van der Waals surface area contributed by atoms with Crippen LogP contribution in [0.2, 0.25) is 0 Å². The fourth-order valence-corrected chi connectivity index (χ4v) is 4.00. The number of carbonyl (C=O) groups is 2. The van der Waals surface area contributed by atoms with Crippen molar-refractivity contribution in [2.75, 3.05) is 6.61 Å². The SMILES string of the molecule is CC(C)(COc1cccc2c1C(N)=NS(=O)(=O)C2)NC(=O)c1ccnc(C(N)=O)c1. The predicted molar refractivity (Wildman–Crippen MR) is 110 cm³/mol. The number of hydrogen-bond donors (Lipinski definition) is 3. The lowest BCUT2D eigenvalue weighted by molar-refractivity contribution is 0.0880. The topological polar surface area (TPSA) is 167 Å². The lowest BCUT2D eigenvalue weighted by Gasteiger charge is -2.27. The third-order valence-electron chi connectivity index (χ3n) is 4.26. The number of fused-ring (bicyclic) bond motifs is 1. The third-order valence-corrected chi connectivity index (χ3v) is 5.41. The molecule has 11 heteroatoms. The summed E-state index contributed by atoms with van der Waals surface area (Å²) in [5, 5.41) is 2.81. The maximum atomic E-state index is 12.6. The Hall–Kier alpha value is -3.47. The Morgan fingerprint density at radius 2 is 2.00 bits per heavy atom. The number of rotatable bonds is 6. The molecule has 158 valence electrons. The summed E-state index contributed by atoms with van der Waals surface area (Å²) in [4.78, 5) is 27.6. The van der Waals surface area contributed by atoms with Gasteiger partial charge >= 0.3 is 0 Å². The molecule has 2 heterocycles. The van der Waals surface area contributed by atoms with Crippen LogP contribution in [0.3, 0.4) is 0 Å². The van der Waals surface area contributed by atoms with Gasteiger partial charge in [-0.15, -0.1) is 4.40 Å². The Bertz CT molecular complexity index is 1160. The summed E-state index contributed by atoms with van der Waals surface area (Å²) in [5.41, 5.74) is 11.3. The summed E-state index contributed by atoms with van der Waals surface area (Å²) in [7, 11) is -3.65. The summed E-state index contributed by atoms with van der Waals surface area (Å²) in [5.74, 6) is -1.20. The number of aromatic nitrogens is 1. The lowest BCUT2D eigenvalue weighted by atomic mass is 10.0. The highest BCUT2D eigenvalue weighted by Gasteiger charge is 2.27. The quantitative estimate of drug-likeness (QED) is 0.592. The molecule has 0 fully saturated rings. The van der Waals surface area contributed by atoms with Crippen LogP contribution in [-0.2, 0) is 15.8 Å². The van der Waals surface area contributed by atoms with Gasteiger partial charge < -0.3 is 21.5 Å². The van der Waals surface area contributed by atoms with Gasteiger partial charge in [-0.25, -0.2) is 8.42 Å². The summed E-state index contributed by atoms with van der Waals surface area (Å²) >= 11 is 0. The predicted octanol–water partition coefficient (Wildman–Crippen LogP) is 0.317. The standard InChI is InChI=1S/C19H21N5O5S/c1-19(2,23-18(26)11-6-7-22-13(8-11)17(21)25)10-29-14-5-3-4-12-9-30(27,28)24-16(20)15(12)14/h3-8H,9-10H2,1-2H3,(H2,20,24)(H2,21,25)(H,23,26). The molecule has 2 aromatic rings. The van der Waals surface area contributed by atoms with Crippen molar-refractivity contribution in [1.29, 1.82) is 0 Å². The number of amidine groups is 1. The Morgan fingerprint density at radius 1 is 1.27 bits per heavy atom. The first-order chi connectivity index (χ1) is 14.0. The number of carbonyl (C=O) groups excluding carboxylic acids is 2. The number of benzene rings is 1. The molecule has 1 aromatic carbocycles. The number of amides is 2. The van der Waals surface area contributed by atoms with E-state index in [-0.39, 0.29) is 29.5 Å². The van der Waals surface area contributed by atoms with Crippen molar-refractivity contribution in [3.63, 3.8) is 0 Å². The minimum Gasteiger partial charge on any atom is -0.490 e. The number of pyridine rings is 1. The minimum absolute atomic E-state index is 0.0164. The maximum Gasteiger partial charge on any atom is 0.267 e. The molecule has 0 spiro atoms. The first-order valence-corrected chi connectivity index (χ1v) is 10.5. The molecule has 1 aliphatic rings. The van der Waals surface area contributed by atoms with Gasteiger partial charge in [0.1, 0.15) is 23.9 Å². The summed E-state index contributed by atoms with van der Waals surface area (Å²) in [6.07, 6.45) is 1.32. The Balaban J connectivity index is 1.74. The number of nitrogens with one attached hydrogen (secondary N) is 1. The molecule has 0 bridgehead atoms. The van der Waals surface area contributed by atoms with Gasteiger partial charge in [0.15, 0.2) is 0 Å². The second kappa shape index (κ2) is 7.75. The molecule has 10 nitrogen and oxygen atoms in total. The molecular formula is C19H21N5O5S. The van der Waals surface area contributed by atoms with Crippen molar-refractivity contribution < 1.29 is 22.7 Å². The van der Waals surface area contributed by atoms with Crippen LogP contribution in [0.1, 0.15) is 45.8 Å². The third kappa shape index (κ3) is 4.74. The van der Waals surface area contributed by atoms with Crippen molar-refractivity contribution in [3.05, 3.63) is 58.9 Å². The van der Waals surface area contributed by atoms with Gasteiger partial charge in [-0.1, -0.05) is 12.1 Å². The molecule has 30 heavy (non-hydrogen) atoms. The molecule has 0 unspecified atom stereocenters. The van der Waals surface area contributed by atoms with E-state index in [1.165, 1.54) is 18.3 Å². The largest absolute Gasteiger partial charge is 0.490 e. The fraction of sp³-hybridized carbons (Fsp3) is 0.263. The van der Waals surface area contributed by atoms with E-state index in [1.54, 1.807) is 32.0 Å². The molecule has 3 rings (SSSR count). The van der Waals surface area contributed by atoms with E-state index in [9.17, 15) is 18.0 Å². The molecule has 0 atom stereocenters. The molecule has 0 radical (unpaired) electrons. The van der Waals surface area contributed by atoms with Gasteiger partial charge in [0.25, 0.3) is 21.8 Å². The van der Waals surface area contributed by atoms with Crippen LogP contribution >= 0.6 is 0 Å². The zero-order chi connectivity index (χ0) is 22.1. The normalized spacial score (nSPS) is 14.9. The van der Waals surface area contributed by atoms with E-state index in [2.05, 4.69) is 14.7 Å². The molecule has 1 aromatic heterocycles. The van der Waals surface area contributed by atoms with E-state index in [0.29, 0.717) is 16.9 Å². The molecule has 0 aliphatic carbocycles. The number of nitrogens with zero attached hydrogens (tertiary/aromatic N) is 2. The highest BCUT2D eigenvalue weighted by atomic mass is 32.2. The average molecular weight is 431 g/mol. The van der Waals surface area contributed by atoms with Crippen molar-refractivity contribution >= 4 is 27.7 Å². The minimum atomic E-state index is -3.65. The number of ether oxygens (including phenoxy) is 1. The summed E-state index contributed by atoms with van der Waals surface area (Å²) in [6.45, 7) is 3.56. The highest BCUT2D eigenvalue weighted by molar-refractivity contribution is 7.89. The second-order valence-corrected chi connectivity index (χ2v) is 9.05. The molecule has 2 amide bonds. The summed E-state index contributed by atoms with van der Waals surface area (Å²) < 4.78 is 33.0. The van der Waals surface area contributed by atoms with Gasteiger partial charge in [0, 0.05) is 11.8 Å². The van der Waals surface area contributed by atoms with Crippen LogP contribution in [-0.4, -0.2) is 43.2 Å². The molecule has 1 aliphatic heterocycles. The van der Waals surface area contributed by atoms with E-state index in [4.69, 9.17) is 16.2 Å². The number of sulfonamides is 1. The van der Waals surface area contributed by atoms with Crippen LogP contribution in [0.25, 0.3) is 0 Å². The average Bonchev–Trinajstić information content (AvgIpc) is 2.65.